The summed E-state index contributed by atoms with van der Waals surface area (Å²) in [4.78, 5) is 22.9. The zero-order chi connectivity index (χ0) is 17.5. The standard InChI is InChI=1S/C18H24N4O2/c1-5-6-9-22(3)17-12-19-15(11-20-17)18(23)21-14-10-13(2)7-8-16(14)24-4/h7-8,10-12H,5-6,9H2,1-4H3,(H,21,23). The minimum absolute atomic E-state index is 0.270. The van der Waals surface area contributed by atoms with Crippen LogP contribution in [0.15, 0.2) is 30.6 Å². The van der Waals surface area contributed by atoms with Gasteiger partial charge in [-0.2, -0.15) is 0 Å². The van der Waals surface area contributed by atoms with Crippen LogP contribution in [0.3, 0.4) is 0 Å². The maximum Gasteiger partial charge on any atom is 0.275 e. The van der Waals surface area contributed by atoms with Crippen LogP contribution in [0.1, 0.15) is 35.8 Å². The second-order valence-corrected chi connectivity index (χ2v) is 5.69. The van der Waals surface area contributed by atoms with E-state index in [1.165, 1.54) is 6.20 Å². The molecule has 0 aliphatic rings. The molecule has 0 saturated heterocycles. The number of aromatic nitrogens is 2. The van der Waals surface area contributed by atoms with Crippen molar-refractivity contribution in [3.8, 4) is 5.75 Å². The van der Waals surface area contributed by atoms with Gasteiger partial charge < -0.3 is 15.0 Å². The van der Waals surface area contributed by atoms with Gasteiger partial charge in [-0.15, -0.1) is 0 Å². The Hall–Kier alpha value is -2.63. The number of nitrogens with zero attached hydrogens (tertiary/aromatic N) is 3. The summed E-state index contributed by atoms with van der Waals surface area (Å²) >= 11 is 0. The van der Waals surface area contributed by atoms with Crippen LogP contribution in [-0.4, -0.2) is 36.6 Å². The zero-order valence-corrected chi connectivity index (χ0v) is 14.7. The molecule has 0 aliphatic heterocycles. The molecular weight excluding hydrogens is 304 g/mol. The fourth-order valence-electron chi connectivity index (χ4n) is 2.25. The smallest absolute Gasteiger partial charge is 0.275 e. The van der Waals surface area contributed by atoms with E-state index in [1.807, 2.05) is 37.1 Å². The Balaban J connectivity index is 2.09. The quantitative estimate of drug-likeness (QED) is 0.845. The van der Waals surface area contributed by atoms with Crippen molar-refractivity contribution in [3.05, 3.63) is 41.9 Å². The number of benzene rings is 1. The van der Waals surface area contributed by atoms with E-state index in [4.69, 9.17) is 4.74 Å². The molecule has 1 heterocycles. The van der Waals surface area contributed by atoms with E-state index < -0.39 is 0 Å². The van der Waals surface area contributed by atoms with Crippen LogP contribution in [-0.2, 0) is 0 Å². The molecule has 0 radical (unpaired) electrons. The number of rotatable bonds is 7. The topological polar surface area (TPSA) is 67.4 Å². The van der Waals surface area contributed by atoms with Crippen LogP contribution < -0.4 is 15.0 Å². The van der Waals surface area contributed by atoms with Gasteiger partial charge in [0.15, 0.2) is 0 Å². The molecule has 6 heteroatoms. The zero-order valence-electron chi connectivity index (χ0n) is 14.7. The van der Waals surface area contributed by atoms with Gasteiger partial charge in [0.1, 0.15) is 17.3 Å². The summed E-state index contributed by atoms with van der Waals surface area (Å²) in [5.74, 6) is 1.06. The molecule has 24 heavy (non-hydrogen) atoms. The van der Waals surface area contributed by atoms with E-state index in [9.17, 15) is 4.79 Å². The summed E-state index contributed by atoms with van der Waals surface area (Å²) in [6.07, 6.45) is 5.33. The molecule has 2 aromatic rings. The van der Waals surface area contributed by atoms with Crippen LogP contribution in [0.4, 0.5) is 11.5 Å². The fraction of sp³-hybridized carbons (Fsp3) is 0.389. The lowest BCUT2D eigenvalue weighted by Crippen LogP contribution is -2.21. The van der Waals surface area contributed by atoms with Gasteiger partial charge in [0.25, 0.3) is 5.91 Å². The maximum atomic E-state index is 12.4. The fourth-order valence-corrected chi connectivity index (χ4v) is 2.25. The summed E-state index contributed by atoms with van der Waals surface area (Å²) < 4.78 is 5.27. The molecule has 2 rings (SSSR count). The first-order valence-corrected chi connectivity index (χ1v) is 8.04. The van der Waals surface area contributed by atoms with Crippen molar-refractivity contribution in [3.63, 3.8) is 0 Å². The molecule has 0 fully saturated rings. The van der Waals surface area contributed by atoms with Crippen molar-refractivity contribution in [2.75, 3.05) is 30.9 Å². The van der Waals surface area contributed by atoms with Crippen molar-refractivity contribution in [2.45, 2.75) is 26.7 Å². The van der Waals surface area contributed by atoms with Gasteiger partial charge in [0, 0.05) is 13.6 Å². The first kappa shape index (κ1) is 17.7. The first-order valence-electron chi connectivity index (χ1n) is 8.04. The summed E-state index contributed by atoms with van der Waals surface area (Å²) in [6.45, 7) is 5.01. The van der Waals surface area contributed by atoms with Gasteiger partial charge in [-0.25, -0.2) is 9.97 Å². The van der Waals surface area contributed by atoms with E-state index in [-0.39, 0.29) is 11.6 Å². The second kappa shape index (κ2) is 8.29. The Morgan fingerprint density at radius 3 is 2.71 bits per heavy atom. The van der Waals surface area contributed by atoms with E-state index >= 15 is 0 Å². The molecule has 0 bridgehead atoms. The number of hydrogen-bond acceptors (Lipinski definition) is 5. The molecular formula is C18H24N4O2. The van der Waals surface area contributed by atoms with Gasteiger partial charge in [-0.05, 0) is 31.0 Å². The van der Waals surface area contributed by atoms with Crippen LogP contribution in [0.2, 0.25) is 0 Å². The molecule has 0 spiro atoms. The molecule has 128 valence electrons. The van der Waals surface area contributed by atoms with Crippen LogP contribution in [0.25, 0.3) is 0 Å². The highest BCUT2D eigenvalue weighted by Crippen LogP contribution is 2.25. The predicted octanol–water partition coefficient (Wildman–Crippen LogP) is 3.28. The Bertz CT molecular complexity index is 686. The number of hydrogen-bond donors (Lipinski definition) is 1. The number of carbonyl (C=O) groups is 1. The lowest BCUT2D eigenvalue weighted by atomic mass is 10.2. The van der Waals surface area contributed by atoms with Crippen LogP contribution >= 0.6 is 0 Å². The average Bonchev–Trinajstić information content (AvgIpc) is 2.60. The second-order valence-electron chi connectivity index (χ2n) is 5.69. The minimum atomic E-state index is -0.311. The van der Waals surface area contributed by atoms with E-state index in [1.54, 1.807) is 13.3 Å². The number of aryl methyl sites for hydroxylation is 1. The molecule has 0 saturated carbocycles. The lowest BCUT2D eigenvalue weighted by Gasteiger charge is -2.17. The van der Waals surface area contributed by atoms with Gasteiger partial charge in [-0.1, -0.05) is 19.4 Å². The summed E-state index contributed by atoms with van der Waals surface area (Å²) in [5.41, 5.74) is 1.92. The highest BCUT2D eigenvalue weighted by Gasteiger charge is 2.12. The number of carbonyl (C=O) groups excluding carboxylic acids is 1. The summed E-state index contributed by atoms with van der Waals surface area (Å²) in [7, 11) is 3.54. The van der Waals surface area contributed by atoms with E-state index in [2.05, 4.69) is 22.2 Å². The van der Waals surface area contributed by atoms with Gasteiger partial charge in [0.05, 0.1) is 25.2 Å². The van der Waals surface area contributed by atoms with E-state index in [0.717, 1.165) is 30.8 Å². The highest BCUT2D eigenvalue weighted by atomic mass is 16.5. The monoisotopic (exact) mass is 328 g/mol. The van der Waals surface area contributed by atoms with Crippen molar-refractivity contribution in [2.24, 2.45) is 0 Å². The Kier molecular flexibility index (Phi) is 6.12. The molecule has 1 N–H and O–H groups in total. The molecule has 1 aromatic carbocycles. The lowest BCUT2D eigenvalue weighted by molar-refractivity contribution is 0.102. The number of amides is 1. The van der Waals surface area contributed by atoms with Crippen molar-refractivity contribution in [1.29, 1.82) is 0 Å². The Morgan fingerprint density at radius 2 is 2.08 bits per heavy atom. The van der Waals surface area contributed by atoms with E-state index in [0.29, 0.717) is 11.4 Å². The molecule has 0 aliphatic carbocycles. The number of nitrogens with one attached hydrogen (secondary N) is 1. The number of ether oxygens (including phenoxy) is 1. The number of unbranched alkanes of at least 4 members (excludes halogenated alkanes) is 1. The van der Waals surface area contributed by atoms with Crippen molar-refractivity contribution >= 4 is 17.4 Å². The van der Waals surface area contributed by atoms with Gasteiger partial charge in [0.2, 0.25) is 0 Å². The third-order valence-corrected chi connectivity index (χ3v) is 3.71. The molecule has 1 aromatic heterocycles. The number of methoxy groups -OCH3 is 1. The normalized spacial score (nSPS) is 10.3. The van der Waals surface area contributed by atoms with Crippen molar-refractivity contribution in [1.82, 2.24) is 9.97 Å². The van der Waals surface area contributed by atoms with Crippen LogP contribution in [0.5, 0.6) is 5.75 Å². The molecule has 1 amide bonds. The molecule has 0 unspecified atom stereocenters. The third kappa shape index (κ3) is 4.44. The van der Waals surface area contributed by atoms with Gasteiger partial charge >= 0.3 is 0 Å². The predicted molar refractivity (Wildman–Crippen MR) is 95.9 cm³/mol. The van der Waals surface area contributed by atoms with Gasteiger partial charge in [-0.3, -0.25) is 4.79 Å². The molecule has 0 atom stereocenters. The Labute approximate surface area is 142 Å². The summed E-state index contributed by atoms with van der Waals surface area (Å²) in [6, 6.07) is 5.61. The highest BCUT2D eigenvalue weighted by molar-refractivity contribution is 6.03. The number of anilines is 2. The summed E-state index contributed by atoms with van der Waals surface area (Å²) in [5, 5.41) is 2.82. The SMILES string of the molecule is CCCCN(C)c1cnc(C(=O)Nc2cc(C)ccc2OC)cn1. The Morgan fingerprint density at radius 1 is 1.29 bits per heavy atom. The molecule has 6 nitrogen and oxygen atoms in total. The maximum absolute atomic E-state index is 12.4. The third-order valence-electron chi connectivity index (χ3n) is 3.71. The average molecular weight is 328 g/mol. The van der Waals surface area contributed by atoms with Crippen molar-refractivity contribution < 1.29 is 9.53 Å². The van der Waals surface area contributed by atoms with Crippen LogP contribution in [0, 0.1) is 6.92 Å². The largest absolute Gasteiger partial charge is 0.495 e. The minimum Gasteiger partial charge on any atom is -0.495 e. The first-order chi connectivity index (χ1) is 11.5.